The molecular weight excluding hydrogens is 266 g/mol. The molecule has 0 saturated heterocycles. The van der Waals surface area contributed by atoms with Crippen LogP contribution in [0.15, 0.2) is 24.3 Å². The van der Waals surface area contributed by atoms with Crippen LogP contribution in [-0.2, 0) is 11.2 Å². The molecule has 19 heavy (non-hydrogen) atoms. The standard InChI is InChI=1S/C12H13N3O3S/c1-17-7-6-10-14-12(19-15-10)18-9-4-2-8(3-5-9)11(13)16/h2-5H,6-7H2,1H3,(H2,13,16). The number of nitrogens with zero attached hydrogens (tertiary/aromatic N) is 2. The van der Waals surface area contributed by atoms with E-state index in [1.807, 2.05) is 0 Å². The first-order valence-electron chi connectivity index (χ1n) is 5.58. The summed E-state index contributed by atoms with van der Waals surface area (Å²) in [7, 11) is 1.63. The summed E-state index contributed by atoms with van der Waals surface area (Å²) < 4.78 is 14.6. The van der Waals surface area contributed by atoms with Gasteiger partial charge in [0, 0.05) is 30.6 Å². The molecule has 0 bridgehead atoms. The van der Waals surface area contributed by atoms with Crippen LogP contribution in [0.4, 0.5) is 0 Å². The lowest BCUT2D eigenvalue weighted by atomic mass is 10.2. The van der Waals surface area contributed by atoms with Crippen molar-refractivity contribution in [2.75, 3.05) is 13.7 Å². The minimum Gasteiger partial charge on any atom is -0.430 e. The van der Waals surface area contributed by atoms with Crippen LogP contribution in [0.1, 0.15) is 16.2 Å². The molecular formula is C12H13N3O3S. The monoisotopic (exact) mass is 279 g/mol. The summed E-state index contributed by atoms with van der Waals surface area (Å²) in [6, 6.07) is 6.53. The molecule has 1 amide bonds. The molecule has 6 nitrogen and oxygen atoms in total. The summed E-state index contributed by atoms with van der Waals surface area (Å²) in [6.07, 6.45) is 0.650. The molecule has 7 heteroatoms. The number of rotatable bonds is 6. The van der Waals surface area contributed by atoms with Gasteiger partial charge in [0.05, 0.1) is 6.61 Å². The van der Waals surface area contributed by atoms with Crippen molar-refractivity contribution in [2.24, 2.45) is 5.73 Å². The Hall–Kier alpha value is -1.99. The van der Waals surface area contributed by atoms with Crippen LogP contribution in [0, 0.1) is 0 Å². The molecule has 2 aromatic rings. The molecule has 2 N–H and O–H groups in total. The van der Waals surface area contributed by atoms with Crippen LogP contribution in [0.2, 0.25) is 0 Å². The SMILES string of the molecule is COCCc1nsc(Oc2ccc(C(N)=O)cc2)n1. The zero-order valence-corrected chi connectivity index (χ0v) is 11.1. The maximum Gasteiger partial charge on any atom is 0.298 e. The van der Waals surface area contributed by atoms with Crippen molar-refractivity contribution in [3.8, 4) is 10.9 Å². The van der Waals surface area contributed by atoms with Gasteiger partial charge in [0.25, 0.3) is 5.19 Å². The van der Waals surface area contributed by atoms with Crippen LogP contribution in [0.5, 0.6) is 10.9 Å². The second-order valence-electron chi connectivity index (χ2n) is 3.71. The third-order valence-electron chi connectivity index (χ3n) is 2.32. The summed E-state index contributed by atoms with van der Waals surface area (Å²) in [4.78, 5) is 15.1. The molecule has 0 aliphatic heterocycles. The highest BCUT2D eigenvalue weighted by molar-refractivity contribution is 7.07. The van der Waals surface area contributed by atoms with E-state index in [9.17, 15) is 4.79 Å². The number of hydrogen-bond acceptors (Lipinski definition) is 6. The molecule has 0 aliphatic carbocycles. The first kappa shape index (κ1) is 13.4. The van der Waals surface area contributed by atoms with E-state index in [2.05, 4.69) is 9.36 Å². The second kappa shape index (κ2) is 6.26. The fourth-order valence-corrected chi connectivity index (χ4v) is 1.96. The molecule has 0 unspecified atom stereocenters. The molecule has 0 aliphatic rings. The Bertz CT molecular complexity index is 554. The summed E-state index contributed by atoms with van der Waals surface area (Å²) in [5, 5.41) is 0.456. The average molecular weight is 279 g/mol. The molecule has 2 rings (SSSR count). The van der Waals surface area contributed by atoms with Gasteiger partial charge in [0.15, 0.2) is 0 Å². The zero-order valence-electron chi connectivity index (χ0n) is 10.3. The van der Waals surface area contributed by atoms with Gasteiger partial charge in [0.2, 0.25) is 5.91 Å². The molecule has 0 saturated carbocycles. The highest BCUT2D eigenvalue weighted by Gasteiger charge is 2.07. The van der Waals surface area contributed by atoms with E-state index in [0.29, 0.717) is 35.4 Å². The predicted molar refractivity (Wildman–Crippen MR) is 70.5 cm³/mol. The zero-order chi connectivity index (χ0) is 13.7. The Kier molecular flexibility index (Phi) is 4.43. The highest BCUT2D eigenvalue weighted by Crippen LogP contribution is 2.23. The quantitative estimate of drug-likeness (QED) is 0.868. The summed E-state index contributed by atoms with van der Waals surface area (Å²) >= 11 is 1.17. The van der Waals surface area contributed by atoms with E-state index in [-0.39, 0.29) is 0 Å². The van der Waals surface area contributed by atoms with Gasteiger partial charge in [0.1, 0.15) is 11.6 Å². The van der Waals surface area contributed by atoms with Gasteiger partial charge in [-0.25, -0.2) is 0 Å². The number of ether oxygens (including phenoxy) is 2. The number of hydrogen-bond donors (Lipinski definition) is 1. The van der Waals surface area contributed by atoms with Gasteiger partial charge in [-0.15, -0.1) is 0 Å². The highest BCUT2D eigenvalue weighted by atomic mass is 32.1. The van der Waals surface area contributed by atoms with Gasteiger partial charge < -0.3 is 15.2 Å². The number of nitrogens with two attached hydrogens (primary N) is 1. The number of primary amides is 1. The number of amides is 1. The molecule has 1 heterocycles. The van der Waals surface area contributed by atoms with Crippen molar-refractivity contribution >= 4 is 17.4 Å². The van der Waals surface area contributed by atoms with E-state index in [4.69, 9.17) is 15.2 Å². The first-order chi connectivity index (χ1) is 9.19. The number of carbonyl (C=O) groups excluding carboxylic acids is 1. The fourth-order valence-electron chi connectivity index (χ4n) is 1.36. The van der Waals surface area contributed by atoms with Crippen molar-refractivity contribution in [3.05, 3.63) is 35.7 Å². The van der Waals surface area contributed by atoms with E-state index in [0.717, 1.165) is 0 Å². The Labute approximate surface area is 114 Å². The first-order valence-corrected chi connectivity index (χ1v) is 6.35. The molecule has 1 aromatic heterocycles. The van der Waals surface area contributed by atoms with Crippen molar-refractivity contribution in [1.29, 1.82) is 0 Å². The number of methoxy groups -OCH3 is 1. The maximum atomic E-state index is 10.9. The second-order valence-corrected chi connectivity index (χ2v) is 4.42. The topological polar surface area (TPSA) is 87.3 Å². The third-order valence-corrected chi connectivity index (χ3v) is 2.96. The van der Waals surface area contributed by atoms with Crippen LogP contribution in [0.3, 0.4) is 0 Å². The smallest absolute Gasteiger partial charge is 0.298 e. The lowest BCUT2D eigenvalue weighted by Gasteiger charge is -2.01. The minimum atomic E-state index is -0.468. The lowest BCUT2D eigenvalue weighted by molar-refractivity contribution is 0.100. The summed E-state index contributed by atoms with van der Waals surface area (Å²) in [5.74, 6) is 0.805. The Balaban J connectivity index is 2.00. The van der Waals surface area contributed by atoms with Gasteiger partial charge >= 0.3 is 0 Å². The Morgan fingerprint density at radius 2 is 2.11 bits per heavy atom. The molecule has 100 valence electrons. The van der Waals surface area contributed by atoms with Gasteiger partial charge in [-0.2, -0.15) is 9.36 Å². The minimum absolute atomic E-state index is 0.436. The van der Waals surface area contributed by atoms with E-state index in [1.54, 1.807) is 31.4 Å². The molecule has 1 aromatic carbocycles. The number of benzene rings is 1. The molecule has 0 spiro atoms. The van der Waals surface area contributed by atoms with Crippen molar-refractivity contribution in [2.45, 2.75) is 6.42 Å². The predicted octanol–water partition coefficient (Wildman–Crippen LogP) is 1.62. The van der Waals surface area contributed by atoms with Crippen LogP contribution < -0.4 is 10.5 Å². The van der Waals surface area contributed by atoms with Crippen molar-refractivity contribution in [1.82, 2.24) is 9.36 Å². The number of aromatic nitrogens is 2. The average Bonchev–Trinajstić information content (AvgIpc) is 2.84. The summed E-state index contributed by atoms with van der Waals surface area (Å²) in [5.41, 5.74) is 5.59. The molecule has 0 radical (unpaired) electrons. The van der Waals surface area contributed by atoms with Crippen LogP contribution in [-0.4, -0.2) is 29.0 Å². The normalized spacial score (nSPS) is 10.4. The van der Waals surface area contributed by atoms with E-state index in [1.165, 1.54) is 11.5 Å². The van der Waals surface area contributed by atoms with Gasteiger partial charge in [-0.1, -0.05) is 0 Å². The third kappa shape index (κ3) is 3.73. The van der Waals surface area contributed by atoms with Crippen LogP contribution >= 0.6 is 11.5 Å². The van der Waals surface area contributed by atoms with Crippen molar-refractivity contribution in [3.63, 3.8) is 0 Å². The van der Waals surface area contributed by atoms with Crippen LogP contribution in [0.25, 0.3) is 0 Å². The molecule has 0 atom stereocenters. The number of carbonyl (C=O) groups is 1. The van der Waals surface area contributed by atoms with Gasteiger partial charge in [-0.3, -0.25) is 4.79 Å². The Morgan fingerprint density at radius 3 is 2.74 bits per heavy atom. The van der Waals surface area contributed by atoms with E-state index < -0.39 is 5.91 Å². The fraction of sp³-hybridized carbons (Fsp3) is 0.250. The molecule has 0 fully saturated rings. The summed E-state index contributed by atoms with van der Waals surface area (Å²) in [6.45, 7) is 0.573. The lowest BCUT2D eigenvalue weighted by Crippen LogP contribution is -2.10. The van der Waals surface area contributed by atoms with Crippen molar-refractivity contribution < 1.29 is 14.3 Å². The van der Waals surface area contributed by atoms with Gasteiger partial charge in [-0.05, 0) is 24.3 Å². The largest absolute Gasteiger partial charge is 0.430 e. The Morgan fingerprint density at radius 1 is 1.37 bits per heavy atom. The van der Waals surface area contributed by atoms with E-state index >= 15 is 0 Å². The maximum absolute atomic E-state index is 10.9.